The third-order valence-corrected chi connectivity index (χ3v) is 4.09. The van der Waals surface area contributed by atoms with E-state index in [0.29, 0.717) is 0 Å². The van der Waals surface area contributed by atoms with E-state index >= 15 is 0 Å². The highest BCUT2D eigenvalue weighted by molar-refractivity contribution is 5.84. The summed E-state index contributed by atoms with van der Waals surface area (Å²) in [6.07, 6.45) is 3.81. The third-order valence-electron chi connectivity index (χ3n) is 4.09. The first-order valence-corrected chi connectivity index (χ1v) is 7.12. The van der Waals surface area contributed by atoms with Gasteiger partial charge < -0.3 is 10.1 Å². The van der Waals surface area contributed by atoms with E-state index in [2.05, 4.69) is 35.6 Å². The van der Waals surface area contributed by atoms with E-state index in [0.717, 1.165) is 11.7 Å². The number of rotatable bonds is 3. The molecule has 0 atom stereocenters. The van der Waals surface area contributed by atoms with Gasteiger partial charge in [-0.25, -0.2) is 0 Å². The molecule has 0 saturated carbocycles. The maximum Gasteiger partial charge on any atom is 0.119 e. The lowest BCUT2D eigenvalue weighted by Gasteiger charge is -2.22. The Balaban J connectivity index is 1.83. The molecule has 1 aliphatic rings. The number of hydrogen-bond acceptors (Lipinski definition) is 2. The molecule has 0 aromatic heterocycles. The first-order chi connectivity index (χ1) is 9.35. The zero-order chi connectivity index (χ0) is 13.1. The Kier molecular flexibility index (Phi) is 3.69. The van der Waals surface area contributed by atoms with Gasteiger partial charge >= 0.3 is 0 Å². The van der Waals surface area contributed by atoms with Crippen molar-refractivity contribution in [2.75, 3.05) is 20.2 Å². The smallest absolute Gasteiger partial charge is 0.119 e. The molecule has 2 aromatic rings. The van der Waals surface area contributed by atoms with Crippen molar-refractivity contribution in [3.8, 4) is 5.75 Å². The van der Waals surface area contributed by atoms with Crippen molar-refractivity contribution < 1.29 is 4.74 Å². The fourth-order valence-corrected chi connectivity index (χ4v) is 2.95. The van der Waals surface area contributed by atoms with Gasteiger partial charge in [-0.05, 0) is 66.7 Å². The minimum Gasteiger partial charge on any atom is -0.497 e. The quantitative estimate of drug-likeness (QED) is 0.907. The summed E-state index contributed by atoms with van der Waals surface area (Å²) in [5.74, 6) is 1.77. The number of hydrogen-bond donors (Lipinski definition) is 1. The summed E-state index contributed by atoms with van der Waals surface area (Å²) in [7, 11) is 1.72. The Morgan fingerprint density at radius 1 is 1.05 bits per heavy atom. The largest absolute Gasteiger partial charge is 0.497 e. The minimum absolute atomic E-state index is 0.837. The number of methoxy groups -OCH3 is 1. The van der Waals surface area contributed by atoms with Crippen LogP contribution in [0.2, 0.25) is 0 Å². The molecule has 0 bridgehead atoms. The second-order valence-electron chi connectivity index (χ2n) is 5.44. The Hall–Kier alpha value is -1.54. The van der Waals surface area contributed by atoms with Gasteiger partial charge in [0.05, 0.1) is 7.11 Å². The molecule has 0 amide bonds. The molecule has 19 heavy (non-hydrogen) atoms. The number of fused-ring (bicyclic) bond motifs is 1. The summed E-state index contributed by atoms with van der Waals surface area (Å²) < 4.78 is 5.30. The zero-order valence-corrected chi connectivity index (χ0v) is 11.5. The van der Waals surface area contributed by atoms with Crippen molar-refractivity contribution in [2.45, 2.75) is 19.3 Å². The van der Waals surface area contributed by atoms with Crippen molar-refractivity contribution in [1.29, 1.82) is 0 Å². The Morgan fingerprint density at radius 2 is 1.84 bits per heavy atom. The molecular weight excluding hydrogens is 234 g/mol. The van der Waals surface area contributed by atoms with E-state index in [1.807, 2.05) is 6.07 Å². The summed E-state index contributed by atoms with van der Waals surface area (Å²) >= 11 is 0. The van der Waals surface area contributed by atoms with Crippen molar-refractivity contribution in [3.63, 3.8) is 0 Å². The van der Waals surface area contributed by atoms with Gasteiger partial charge in [-0.2, -0.15) is 0 Å². The van der Waals surface area contributed by atoms with Crippen LogP contribution in [0.4, 0.5) is 0 Å². The van der Waals surface area contributed by atoms with Gasteiger partial charge in [-0.3, -0.25) is 0 Å². The van der Waals surface area contributed by atoms with E-state index in [-0.39, 0.29) is 0 Å². The molecule has 1 heterocycles. The normalized spacial score (nSPS) is 16.7. The topological polar surface area (TPSA) is 21.3 Å². The van der Waals surface area contributed by atoms with Gasteiger partial charge in [0.2, 0.25) is 0 Å². The SMILES string of the molecule is COc1ccc2ccc(CC3CCNCC3)cc2c1. The average Bonchev–Trinajstić information content (AvgIpc) is 2.47. The maximum absolute atomic E-state index is 5.30. The van der Waals surface area contributed by atoms with Crippen LogP contribution in [0.3, 0.4) is 0 Å². The fraction of sp³-hybridized carbons (Fsp3) is 0.412. The molecule has 0 unspecified atom stereocenters. The van der Waals surface area contributed by atoms with Gasteiger partial charge in [0, 0.05) is 0 Å². The zero-order valence-electron chi connectivity index (χ0n) is 11.5. The average molecular weight is 255 g/mol. The second-order valence-corrected chi connectivity index (χ2v) is 5.44. The molecule has 0 aliphatic carbocycles. The number of nitrogens with one attached hydrogen (secondary N) is 1. The fourth-order valence-electron chi connectivity index (χ4n) is 2.95. The van der Waals surface area contributed by atoms with E-state index in [1.165, 1.54) is 48.7 Å². The molecule has 2 nitrogen and oxygen atoms in total. The third kappa shape index (κ3) is 2.90. The molecule has 2 heteroatoms. The predicted octanol–water partition coefficient (Wildman–Crippen LogP) is 3.39. The highest BCUT2D eigenvalue weighted by atomic mass is 16.5. The lowest BCUT2D eigenvalue weighted by Crippen LogP contribution is -2.28. The highest BCUT2D eigenvalue weighted by Gasteiger charge is 2.13. The number of piperidine rings is 1. The summed E-state index contributed by atoms with van der Waals surface area (Å²) in [4.78, 5) is 0. The monoisotopic (exact) mass is 255 g/mol. The summed E-state index contributed by atoms with van der Waals surface area (Å²) in [6, 6.07) is 13.1. The highest BCUT2D eigenvalue weighted by Crippen LogP contribution is 2.24. The van der Waals surface area contributed by atoms with Gasteiger partial charge in [-0.1, -0.05) is 24.3 Å². The second kappa shape index (κ2) is 5.62. The Morgan fingerprint density at radius 3 is 2.63 bits per heavy atom. The van der Waals surface area contributed by atoms with E-state index in [4.69, 9.17) is 4.74 Å². The first-order valence-electron chi connectivity index (χ1n) is 7.12. The predicted molar refractivity (Wildman–Crippen MR) is 79.8 cm³/mol. The summed E-state index contributed by atoms with van der Waals surface area (Å²) in [6.45, 7) is 2.35. The lowest BCUT2D eigenvalue weighted by atomic mass is 9.90. The molecule has 2 aromatic carbocycles. The number of ether oxygens (including phenoxy) is 1. The van der Waals surface area contributed by atoms with Crippen LogP contribution in [0.15, 0.2) is 36.4 Å². The van der Waals surface area contributed by atoms with Crippen LogP contribution in [0.25, 0.3) is 10.8 Å². The van der Waals surface area contributed by atoms with Crippen LogP contribution in [-0.2, 0) is 6.42 Å². The van der Waals surface area contributed by atoms with E-state index in [1.54, 1.807) is 7.11 Å². The Labute approximate surface area is 114 Å². The van der Waals surface area contributed by atoms with Crippen molar-refractivity contribution in [2.24, 2.45) is 5.92 Å². The Bertz CT molecular complexity index is 558. The molecule has 0 radical (unpaired) electrons. The van der Waals surface area contributed by atoms with Gasteiger partial charge in [0.15, 0.2) is 0 Å². The van der Waals surface area contributed by atoms with Crippen LogP contribution < -0.4 is 10.1 Å². The van der Waals surface area contributed by atoms with Crippen molar-refractivity contribution in [1.82, 2.24) is 5.32 Å². The van der Waals surface area contributed by atoms with Crippen molar-refractivity contribution >= 4 is 10.8 Å². The standard InChI is InChI=1S/C17H21NO/c1-19-17-5-4-15-3-2-14(11-16(15)12-17)10-13-6-8-18-9-7-13/h2-5,11-13,18H,6-10H2,1H3. The molecular formula is C17H21NO. The van der Waals surface area contributed by atoms with Crippen LogP contribution >= 0.6 is 0 Å². The molecule has 0 spiro atoms. The van der Waals surface area contributed by atoms with Gasteiger partial charge in [0.1, 0.15) is 5.75 Å². The summed E-state index contributed by atoms with van der Waals surface area (Å²) in [5, 5.41) is 6.00. The molecule has 3 rings (SSSR count). The molecule has 1 N–H and O–H groups in total. The number of benzene rings is 2. The molecule has 1 saturated heterocycles. The lowest BCUT2D eigenvalue weighted by molar-refractivity contribution is 0.373. The van der Waals surface area contributed by atoms with Gasteiger partial charge in [0.25, 0.3) is 0 Å². The molecule has 100 valence electrons. The van der Waals surface area contributed by atoms with Crippen LogP contribution in [0.5, 0.6) is 5.75 Å². The minimum atomic E-state index is 0.837. The maximum atomic E-state index is 5.30. The van der Waals surface area contributed by atoms with Crippen LogP contribution in [-0.4, -0.2) is 20.2 Å². The first kappa shape index (κ1) is 12.5. The van der Waals surface area contributed by atoms with E-state index < -0.39 is 0 Å². The summed E-state index contributed by atoms with van der Waals surface area (Å²) in [5.41, 5.74) is 1.45. The van der Waals surface area contributed by atoms with Crippen LogP contribution in [0, 0.1) is 5.92 Å². The van der Waals surface area contributed by atoms with Gasteiger partial charge in [-0.15, -0.1) is 0 Å². The molecule has 1 aliphatic heterocycles. The van der Waals surface area contributed by atoms with Crippen LogP contribution in [0.1, 0.15) is 18.4 Å². The molecule has 1 fully saturated rings. The van der Waals surface area contributed by atoms with Crippen molar-refractivity contribution in [3.05, 3.63) is 42.0 Å². The van der Waals surface area contributed by atoms with E-state index in [9.17, 15) is 0 Å².